The van der Waals surface area contributed by atoms with Crippen LogP contribution in [0.15, 0.2) is 22.7 Å². The fraction of sp³-hybridized carbons (Fsp3) is 0.467. The van der Waals surface area contributed by atoms with Crippen molar-refractivity contribution in [3.05, 3.63) is 35.4 Å². The van der Waals surface area contributed by atoms with E-state index in [-0.39, 0.29) is 5.82 Å². The molecule has 1 fully saturated rings. The lowest BCUT2D eigenvalue weighted by Crippen LogP contribution is -2.27. The summed E-state index contributed by atoms with van der Waals surface area (Å²) in [6.45, 7) is 2.17. The van der Waals surface area contributed by atoms with Gasteiger partial charge in [-0.3, -0.25) is 0 Å². The van der Waals surface area contributed by atoms with E-state index in [2.05, 4.69) is 10.1 Å². The molecule has 1 aliphatic carbocycles. The van der Waals surface area contributed by atoms with Gasteiger partial charge in [-0.25, -0.2) is 4.39 Å². The summed E-state index contributed by atoms with van der Waals surface area (Å²) in [5.41, 5.74) is 7.46. The molecule has 1 atom stereocenters. The molecule has 1 aliphatic rings. The summed E-state index contributed by atoms with van der Waals surface area (Å²) in [5, 5.41) is 3.89. The lowest BCUT2D eigenvalue weighted by atomic mass is 9.96. The second kappa shape index (κ2) is 5.91. The zero-order valence-electron chi connectivity index (χ0n) is 11.9. The molecule has 1 heterocycles. The standard InChI is InChI=1S/C15H18FN3O2/c1-9-7-10(16)5-6-12(9)15-18-14(19-21-15)13(17)8-20-11-3-2-4-11/h5-7,11,13H,2-4,8,17H2,1H3. The Balaban J connectivity index is 1.69. The Bertz CT molecular complexity index is 625. The van der Waals surface area contributed by atoms with Crippen molar-refractivity contribution < 1.29 is 13.7 Å². The molecular weight excluding hydrogens is 273 g/mol. The molecule has 1 saturated carbocycles. The average Bonchev–Trinajstić information content (AvgIpc) is 2.86. The van der Waals surface area contributed by atoms with Gasteiger partial charge in [0.15, 0.2) is 5.82 Å². The predicted octanol–water partition coefficient (Wildman–Crippen LogP) is 2.75. The molecule has 0 saturated heterocycles. The predicted molar refractivity (Wildman–Crippen MR) is 74.9 cm³/mol. The van der Waals surface area contributed by atoms with Crippen LogP contribution in [-0.4, -0.2) is 22.9 Å². The van der Waals surface area contributed by atoms with Gasteiger partial charge in [0.2, 0.25) is 0 Å². The number of halogens is 1. The van der Waals surface area contributed by atoms with Gasteiger partial charge in [-0.1, -0.05) is 5.16 Å². The molecule has 0 bridgehead atoms. The topological polar surface area (TPSA) is 74.2 Å². The fourth-order valence-electron chi connectivity index (χ4n) is 2.21. The van der Waals surface area contributed by atoms with Crippen LogP contribution in [0.3, 0.4) is 0 Å². The fourth-order valence-corrected chi connectivity index (χ4v) is 2.21. The largest absolute Gasteiger partial charge is 0.376 e. The summed E-state index contributed by atoms with van der Waals surface area (Å²) in [6.07, 6.45) is 3.73. The molecule has 1 aromatic carbocycles. The van der Waals surface area contributed by atoms with Gasteiger partial charge >= 0.3 is 0 Å². The molecule has 0 radical (unpaired) electrons. The minimum atomic E-state index is -0.413. The Hall–Kier alpha value is -1.79. The number of hydrogen-bond donors (Lipinski definition) is 1. The first-order valence-corrected chi connectivity index (χ1v) is 7.11. The molecule has 1 aromatic heterocycles. The van der Waals surface area contributed by atoms with Crippen molar-refractivity contribution in [1.29, 1.82) is 0 Å². The molecule has 0 aliphatic heterocycles. The van der Waals surface area contributed by atoms with Gasteiger partial charge in [-0.15, -0.1) is 0 Å². The first-order chi connectivity index (χ1) is 10.1. The molecule has 5 nitrogen and oxygen atoms in total. The van der Waals surface area contributed by atoms with Gasteiger partial charge in [0.25, 0.3) is 5.89 Å². The van der Waals surface area contributed by atoms with Gasteiger partial charge < -0.3 is 15.0 Å². The first kappa shape index (κ1) is 14.2. The van der Waals surface area contributed by atoms with E-state index in [1.54, 1.807) is 13.0 Å². The van der Waals surface area contributed by atoms with Crippen molar-refractivity contribution in [3.63, 3.8) is 0 Å². The summed E-state index contributed by atoms with van der Waals surface area (Å²) in [6, 6.07) is 4.01. The van der Waals surface area contributed by atoms with E-state index in [0.717, 1.165) is 18.4 Å². The van der Waals surface area contributed by atoms with Crippen molar-refractivity contribution in [1.82, 2.24) is 10.1 Å². The molecule has 0 amide bonds. The maximum atomic E-state index is 13.1. The van der Waals surface area contributed by atoms with Gasteiger partial charge in [0.1, 0.15) is 5.82 Å². The number of nitrogens with two attached hydrogens (primary N) is 1. The second-order valence-corrected chi connectivity index (χ2v) is 5.41. The van der Waals surface area contributed by atoms with Crippen LogP contribution in [0.1, 0.15) is 36.7 Å². The summed E-state index contributed by atoms with van der Waals surface area (Å²) in [7, 11) is 0. The minimum Gasteiger partial charge on any atom is -0.376 e. The van der Waals surface area contributed by atoms with E-state index in [4.69, 9.17) is 15.0 Å². The second-order valence-electron chi connectivity index (χ2n) is 5.41. The Morgan fingerprint density at radius 2 is 2.29 bits per heavy atom. The third-order valence-electron chi connectivity index (χ3n) is 3.76. The first-order valence-electron chi connectivity index (χ1n) is 7.11. The summed E-state index contributed by atoms with van der Waals surface area (Å²) in [4.78, 5) is 4.29. The zero-order chi connectivity index (χ0) is 14.8. The molecule has 3 rings (SSSR count). The molecule has 112 valence electrons. The monoisotopic (exact) mass is 291 g/mol. The number of nitrogens with zero attached hydrogens (tertiary/aromatic N) is 2. The molecule has 2 aromatic rings. The van der Waals surface area contributed by atoms with Crippen LogP contribution in [0.25, 0.3) is 11.5 Å². The lowest BCUT2D eigenvalue weighted by molar-refractivity contribution is -0.00549. The van der Waals surface area contributed by atoms with Gasteiger partial charge in [-0.2, -0.15) is 4.98 Å². The summed E-state index contributed by atoms with van der Waals surface area (Å²) < 4.78 is 24.0. The Morgan fingerprint density at radius 1 is 1.48 bits per heavy atom. The van der Waals surface area contributed by atoms with E-state index in [9.17, 15) is 4.39 Å². The molecular formula is C15H18FN3O2. The number of aromatic nitrogens is 2. The molecule has 6 heteroatoms. The van der Waals surface area contributed by atoms with Gasteiger partial charge in [0, 0.05) is 5.56 Å². The minimum absolute atomic E-state index is 0.290. The van der Waals surface area contributed by atoms with Crippen molar-refractivity contribution in [2.24, 2.45) is 5.73 Å². The van der Waals surface area contributed by atoms with Crippen LogP contribution >= 0.6 is 0 Å². The van der Waals surface area contributed by atoms with Crippen LogP contribution in [0.2, 0.25) is 0 Å². The highest BCUT2D eigenvalue weighted by atomic mass is 19.1. The van der Waals surface area contributed by atoms with Crippen molar-refractivity contribution in [2.45, 2.75) is 38.3 Å². The number of rotatable bonds is 5. The van der Waals surface area contributed by atoms with E-state index in [1.807, 2.05) is 0 Å². The normalized spacial score (nSPS) is 16.7. The highest BCUT2D eigenvalue weighted by Gasteiger charge is 2.22. The summed E-state index contributed by atoms with van der Waals surface area (Å²) in [5.74, 6) is 0.469. The maximum Gasteiger partial charge on any atom is 0.258 e. The van der Waals surface area contributed by atoms with Crippen LogP contribution in [-0.2, 0) is 4.74 Å². The average molecular weight is 291 g/mol. The Morgan fingerprint density at radius 3 is 2.95 bits per heavy atom. The lowest BCUT2D eigenvalue weighted by Gasteiger charge is -2.26. The molecule has 2 N–H and O–H groups in total. The Kier molecular flexibility index (Phi) is 3.98. The number of hydrogen-bond acceptors (Lipinski definition) is 5. The van der Waals surface area contributed by atoms with E-state index < -0.39 is 6.04 Å². The smallest absolute Gasteiger partial charge is 0.258 e. The highest BCUT2D eigenvalue weighted by molar-refractivity contribution is 5.57. The number of ether oxygens (including phenoxy) is 1. The molecule has 1 unspecified atom stereocenters. The van der Waals surface area contributed by atoms with Crippen LogP contribution in [0, 0.1) is 12.7 Å². The number of benzene rings is 1. The van der Waals surface area contributed by atoms with Crippen LogP contribution in [0.4, 0.5) is 4.39 Å². The quantitative estimate of drug-likeness (QED) is 0.916. The van der Waals surface area contributed by atoms with Crippen LogP contribution in [0.5, 0.6) is 0 Å². The third-order valence-corrected chi connectivity index (χ3v) is 3.76. The number of aryl methyl sites for hydroxylation is 1. The highest BCUT2D eigenvalue weighted by Crippen LogP contribution is 2.25. The van der Waals surface area contributed by atoms with Crippen molar-refractivity contribution in [3.8, 4) is 11.5 Å². The van der Waals surface area contributed by atoms with Crippen molar-refractivity contribution >= 4 is 0 Å². The summed E-state index contributed by atoms with van der Waals surface area (Å²) >= 11 is 0. The maximum absolute atomic E-state index is 13.1. The SMILES string of the molecule is Cc1cc(F)ccc1-c1nc(C(N)COC2CCC2)no1. The van der Waals surface area contributed by atoms with E-state index >= 15 is 0 Å². The third kappa shape index (κ3) is 3.11. The van der Waals surface area contributed by atoms with Gasteiger partial charge in [-0.05, 0) is 49.9 Å². The van der Waals surface area contributed by atoms with Gasteiger partial charge in [0.05, 0.1) is 18.8 Å². The Labute approximate surface area is 122 Å². The van der Waals surface area contributed by atoms with Crippen molar-refractivity contribution in [2.75, 3.05) is 6.61 Å². The van der Waals surface area contributed by atoms with Crippen LogP contribution < -0.4 is 5.73 Å². The van der Waals surface area contributed by atoms with E-state index in [1.165, 1.54) is 18.6 Å². The van der Waals surface area contributed by atoms with E-state index in [0.29, 0.717) is 30.0 Å². The molecule has 0 spiro atoms. The zero-order valence-corrected chi connectivity index (χ0v) is 11.9. The molecule has 21 heavy (non-hydrogen) atoms.